The van der Waals surface area contributed by atoms with Crippen LogP contribution in [0.1, 0.15) is 32.3 Å². The van der Waals surface area contributed by atoms with Crippen LogP contribution in [0, 0.1) is 0 Å². The fourth-order valence-corrected chi connectivity index (χ4v) is 2.43. The van der Waals surface area contributed by atoms with Crippen LogP contribution >= 0.6 is 15.9 Å². The first-order chi connectivity index (χ1) is 9.49. The van der Waals surface area contributed by atoms with Gasteiger partial charge in [0.15, 0.2) is 0 Å². The van der Waals surface area contributed by atoms with Crippen LogP contribution in [-0.2, 0) is 16.1 Å². The predicted octanol–water partition coefficient (Wildman–Crippen LogP) is 2.71. The molecule has 0 radical (unpaired) electrons. The van der Waals surface area contributed by atoms with Crippen LogP contribution < -0.4 is 5.32 Å². The summed E-state index contributed by atoms with van der Waals surface area (Å²) in [6.45, 7) is 4.15. The van der Waals surface area contributed by atoms with E-state index < -0.39 is 6.04 Å². The van der Waals surface area contributed by atoms with E-state index in [9.17, 15) is 9.59 Å². The summed E-state index contributed by atoms with van der Waals surface area (Å²) in [4.78, 5) is 25.7. The third-order valence-corrected chi connectivity index (χ3v) is 3.61. The second-order valence-electron chi connectivity index (χ2n) is 4.69. The molecule has 1 N–H and O–H groups in total. The van der Waals surface area contributed by atoms with Crippen molar-refractivity contribution in [1.29, 1.82) is 0 Å². The summed E-state index contributed by atoms with van der Waals surface area (Å²) >= 11 is 3.42. The van der Waals surface area contributed by atoms with Crippen LogP contribution in [0.4, 0.5) is 0 Å². The molecule has 1 aromatic rings. The van der Waals surface area contributed by atoms with Crippen molar-refractivity contribution in [2.45, 2.75) is 39.3 Å². The molecule has 0 fully saturated rings. The van der Waals surface area contributed by atoms with Crippen molar-refractivity contribution >= 4 is 27.7 Å². The zero-order valence-corrected chi connectivity index (χ0v) is 13.7. The molecule has 0 bridgehead atoms. The van der Waals surface area contributed by atoms with Gasteiger partial charge in [-0.2, -0.15) is 0 Å². The van der Waals surface area contributed by atoms with Crippen molar-refractivity contribution in [3.63, 3.8) is 0 Å². The lowest BCUT2D eigenvalue weighted by Gasteiger charge is -2.28. The fourth-order valence-electron chi connectivity index (χ4n) is 1.98. The van der Waals surface area contributed by atoms with Gasteiger partial charge in [0.25, 0.3) is 0 Å². The third kappa shape index (κ3) is 4.63. The minimum Gasteiger partial charge on any atom is -0.357 e. The van der Waals surface area contributed by atoms with E-state index in [0.717, 1.165) is 16.5 Å². The molecule has 4 nitrogen and oxygen atoms in total. The highest BCUT2D eigenvalue weighted by Crippen LogP contribution is 2.16. The van der Waals surface area contributed by atoms with Gasteiger partial charge in [-0.1, -0.05) is 35.0 Å². The van der Waals surface area contributed by atoms with Crippen molar-refractivity contribution < 1.29 is 9.59 Å². The monoisotopic (exact) mass is 340 g/mol. The average Bonchev–Trinajstić information content (AvgIpc) is 2.43. The molecule has 0 aromatic heterocycles. The van der Waals surface area contributed by atoms with E-state index in [0.29, 0.717) is 13.0 Å². The smallest absolute Gasteiger partial charge is 0.242 e. The number of hydrogen-bond acceptors (Lipinski definition) is 2. The van der Waals surface area contributed by atoms with E-state index >= 15 is 0 Å². The Morgan fingerprint density at radius 3 is 2.65 bits per heavy atom. The van der Waals surface area contributed by atoms with Gasteiger partial charge in [-0.3, -0.25) is 9.59 Å². The van der Waals surface area contributed by atoms with E-state index in [-0.39, 0.29) is 11.8 Å². The van der Waals surface area contributed by atoms with E-state index in [1.54, 1.807) is 18.9 Å². The Kier molecular flexibility index (Phi) is 6.71. The van der Waals surface area contributed by atoms with Gasteiger partial charge in [0, 0.05) is 24.5 Å². The Labute approximate surface area is 128 Å². The zero-order valence-electron chi connectivity index (χ0n) is 12.1. The topological polar surface area (TPSA) is 49.4 Å². The lowest BCUT2D eigenvalue weighted by Crippen LogP contribution is -2.46. The molecule has 0 aliphatic rings. The lowest BCUT2D eigenvalue weighted by molar-refractivity contribution is -0.140. The first-order valence-corrected chi connectivity index (χ1v) is 7.54. The van der Waals surface area contributed by atoms with E-state index in [1.165, 1.54) is 0 Å². The Balaban J connectivity index is 2.92. The van der Waals surface area contributed by atoms with E-state index in [2.05, 4.69) is 21.2 Å². The van der Waals surface area contributed by atoms with E-state index in [1.807, 2.05) is 31.2 Å². The maximum absolute atomic E-state index is 12.2. The fraction of sp³-hybridized carbons (Fsp3) is 0.467. The van der Waals surface area contributed by atoms with E-state index in [4.69, 9.17) is 0 Å². The number of halogens is 1. The van der Waals surface area contributed by atoms with Crippen LogP contribution in [0.15, 0.2) is 28.7 Å². The summed E-state index contributed by atoms with van der Waals surface area (Å²) in [5.41, 5.74) is 1.000. The van der Waals surface area contributed by atoms with Crippen molar-refractivity contribution in [3.8, 4) is 0 Å². The predicted molar refractivity (Wildman–Crippen MR) is 83.1 cm³/mol. The maximum atomic E-state index is 12.2. The normalized spacial score (nSPS) is 11.8. The Morgan fingerprint density at radius 1 is 1.40 bits per heavy atom. The van der Waals surface area contributed by atoms with Gasteiger partial charge in [0.1, 0.15) is 6.04 Å². The lowest BCUT2D eigenvalue weighted by atomic mass is 10.1. The molecule has 2 amide bonds. The molecule has 1 aromatic carbocycles. The summed E-state index contributed by atoms with van der Waals surface area (Å²) in [5.74, 6) is -0.145. The Morgan fingerprint density at radius 2 is 2.10 bits per heavy atom. The quantitative estimate of drug-likeness (QED) is 0.865. The van der Waals surface area contributed by atoms with Crippen LogP contribution in [0.5, 0.6) is 0 Å². The van der Waals surface area contributed by atoms with Crippen molar-refractivity contribution in [1.82, 2.24) is 10.2 Å². The number of amides is 2. The van der Waals surface area contributed by atoms with Crippen LogP contribution in [0.3, 0.4) is 0 Å². The first-order valence-electron chi connectivity index (χ1n) is 6.75. The molecule has 0 spiro atoms. The third-order valence-electron chi connectivity index (χ3n) is 3.12. The van der Waals surface area contributed by atoms with Gasteiger partial charge in [-0.15, -0.1) is 0 Å². The second-order valence-corrected chi connectivity index (χ2v) is 5.61. The van der Waals surface area contributed by atoms with Crippen LogP contribution in [0.25, 0.3) is 0 Å². The molecule has 0 heterocycles. The molecule has 1 atom stereocenters. The molecular formula is C15H21BrN2O2. The Hall–Kier alpha value is -1.36. The molecular weight excluding hydrogens is 320 g/mol. The van der Waals surface area contributed by atoms with Gasteiger partial charge < -0.3 is 10.2 Å². The summed E-state index contributed by atoms with van der Waals surface area (Å²) < 4.78 is 0.963. The summed E-state index contributed by atoms with van der Waals surface area (Å²) in [6, 6.07) is 7.30. The Bertz CT molecular complexity index is 477. The largest absolute Gasteiger partial charge is 0.357 e. The number of hydrogen-bond donors (Lipinski definition) is 1. The molecule has 0 saturated heterocycles. The minimum atomic E-state index is -0.474. The second kappa shape index (κ2) is 8.04. The highest BCUT2D eigenvalue weighted by atomic mass is 79.9. The van der Waals surface area contributed by atoms with Crippen molar-refractivity contribution in [2.75, 3.05) is 7.05 Å². The SMILES string of the molecule is CCCC(=O)N(Cc1cccc(Br)c1)C(C)C(=O)NC. The molecule has 0 aliphatic heterocycles. The highest BCUT2D eigenvalue weighted by Gasteiger charge is 2.24. The van der Waals surface area contributed by atoms with Crippen LogP contribution in [0.2, 0.25) is 0 Å². The van der Waals surface area contributed by atoms with Gasteiger partial charge in [-0.05, 0) is 31.0 Å². The number of carbonyl (C=O) groups excluding carboxylic acids is 2. The highest BCUT2D eigenvalue weighted by molar-refractivity contribution is 9.10. The van der Waals surface area contributed by atoms with Crippen molar-refractivity contribution in [3.05, 3.63) is 34.3 Å². The number of benzene rings is 1. The molecule has 20 heavy (non-hydrogen) atoms. The number of nitrogens with zero attached hydrogens (tertiary/aromatic N) is 1. The molecule has 0 saturated carbocycles. The summed E-state index contributed by atoms with van der Waals surface area (Å²) in [7, 11) is 1.58. The number of likely N-dealkylation sites (N-methyl/N-ethyl adjacent to an activating group) is 1. The molecule has 0 aliphatic carbocycles. The maximum Gasteiger partial charge on any atom is 0.242 e. The number of nitrogens with one attached hydrogen (secondary N) is 1. The van der Waals surface area contributed by atoms with Gasteiger partial charge in [0.2, 0.25) is 11.8 Å². The average molecular weight is 341 g/mol. The van der Waals surface area contributed by atoms with Gasteiger partial charge >= 0.3 is 0 Å². The minimum absolute atomic E-state index is 0.00331. The standard InChI is InChI=1S/C15H21BrN2O2/c1-4-6-14(19)18(11(2)15(20)17-3)10-12-7-5-8-13(16)9-12/h5,7-9,11H,4,6,10H2,1-3H3,(H,17,20). The molecule has 1 rings (SSSR count). The molecule has 1 unspecified atom stereocenters. The summed E-state index contributed by atoms with van der Waals surface area (Å²) in [6.07, 6.45) is 1.23. The zero-order chi connectivity index (χ0) is 15.1. The van der Waals surface area contributed by atoms with Crippen molar-refractivity contribution in [2.24, 2.45) is 0 Å². The van der Waals surface area contributed by atoms with Crippen LogP contribution in [-0.4, -0.2) is 29.8 Å². The number of carbonyl (C=O) groups is 2. The van der Waals surface area contributed by atoms with Gasteiger partial charge in [0.05, 0.1) is 0 Å². The molecule has 110 valence electrons. The summed E-state index contributed by atoms with van der Waals surface area (Å²) in [5, 5.41) is 2.60. The number of rotatable bonds is 6. The molecule has 5 heteroatoms. The first kappa shape index (κ1) is 16.7. The van der Waals surface area contributed by atoms with Gasteiger partial charge in [-0.25, -0.2) is 0 Å².